The average molecular weight is 782 g/mol. The summed E-state index contributed by atoms with van der Waals surface area (Å²) in [6, 6.07) is 76.3. The predicted octanol–water partition coefficient (Wildman–Crippen LogP) is 15.4. The monoisotopic (exact) mass is 781 g/mol. The molecular formula is C56H35N3S. The molecule has 0 radical (unpaired) electrons. The zero-order chi connectivity index (χ0) is 39.6. The van der Waals surface area contributed by atoms with E-state index in [1.165, 1.54) is 64.2 Å². The van der Waals surface area contributed by atoms with Crippen molar-refractivity contribution in [1.29, 1.82) is 0 Å². The highest BCUT2D eigenvalue weighted by Crippen LogP contribution is 2.39. The number of fused-ring (bicyclic) bond motifs is 7. The molecule has 3 aromatic heterocycles. The lowest BCUT2D eigenvalue weighted by atomic mass is 9.98. The molecule has 4 heteroatoms. The van der Waals surface area contributed by atoms with E-state index in [-0.39, 0.29) is 0 Å². The van der Waals surface area contributed by atoms with Gasteiger partial charge in [0.05, 0.1) is 22.2 Å². The van der Waals surface area contributed by atoms with Crippen molar-refractivity contribution in [3.63, 3.8) is 0 Å². The largest absolute Gasteiger partial charge is 0.309 e. The molecule has 12 aromatic rings. The lowest BCUT2D eigenvalue weighted by Crippen LogP contribution is -1.95. The molecule has 3 nitrogen and oxygen atoms in total. The van der Waals surface area contributed by atoms with Crippen molar-refractivity contribution < 1.29 is 0 Å². The molecule has 280 valence electrons. The third-order valence-corrected chi connectivity index (χ3v) is 13.0. The zero-order valence-electron chi connectivity index (χ0n) is 32.5. The number of hydrogen-bond donors (Lipinski definition) is 0. The standard InChI is InChI=1S/C56H35N3S/c1-2-10-40(11-3-1)55-47-14-4-7-15-50(47)57-56(58-55)41-24-22-36(23-25-41)37-26-30-44(31-27-37)59-51-16-8-5-12-45(51)48-34-42(28-32-52(48)59)38-18-20-39(21-19-38)43-29-33-54-49(35-43)46-13-6-9-17-53(46)60-54/h1-35H. The van der Waals surface area contributed by atoms with Crippen LogP contribution in [0.2, 0.25) is 0 Å². The Morgan fingerprint density at radius 2 is 0.833 bits per heavy atom. The highest BCUT2D eigenvalue weighted by Gasteiger charge is 2.15. The molecule has 0 spiro atoms. The van der Waals surface area contributed by atoms with E-state index >= 15 is 0 Å². The molecular weight excluding hydrogens is 747 g/mol. The molecule has 0 bridgehead atoms. The van der Waals surface area contributed by atoms with Gasteiger partial charge in [-0.05, 0) is 88.0 Å². The van der Waals surface area contributed by atoms with Crippen LogP contribution in [0.25, 0.3) is 115 Å². The van der Waals surface area contributed by atoms with E-state index in [2.05, 4.69) is 199 Å². The van der Waals surface area contributed by atoms with Crippen molar-refractivity contribution in [2.45, 2.75) is 0 Å². The molecule has 0 aliphatic heterocycles. The van der Waals surface area contributed by atoms with Crippen LogP contribution >= 0.6 is 11.3 Å². The fourth-order valence-corrected chi connectivity index (χ4v) is 9.91. The van der Waals surface area contributed by atoms with Crippen molar-refractivity contribution in [2.24, 2.45) is 0 Å². The van der Waals surface area contributed by atoms with E-state index in [1.807, 2.05) is 29.5 Å². The van der Waals surface area contributed by atoms with Crippen molar-refractivity contribution in [3.8, 4) is 61.7 Å². The molecule has 9 aromatic carbocycles. The molecule has 0 fully saturated rings. The minimum absolute atomic E-state index is 0.724. The molecule has 60 heavy (non-hydrogen) atoms. The molecule has 0 amide bonds. The Morgan fingerprint density at radius 3 is 1.58 bits per heavy atom. The van der Waals surface area contributed by atoms with Gasteiger partial charge in [-0.2, -0.15) is 0 Å². The van der Waals surface area contributed by atoms with Crippen LogP contribution in [0.5, 0.6) is 0 Å². The molecule has 0 aliphatic carbocycles. The molecule has 0 saturated heterocycles. The number of hydrogen-bond acceptors (Lipinski definition) is 3. The highest BCUT2D eigenvalue weighted by molar-refractivity contribution is 7.25. The van der Waals surface area contributed by atoms with Crippen LogP contribution in [0.4, 0.5) is 0 Å². The summed E-state index contributed by atoms with van der Waals surface area (Å²) in [7, 11) is 0. The normalized spacial score (nSPS) is 11.7. The van der Waals surface area contributed by atoms with Crippen molar-refractivity contribution >= 4 is 64.2 Å². The molecule has 0 N–H and O–H groups in total. The van der Waals surface area contributed by atoms with Crippen molar-refractivity contribution in [1.82, 2.24) is 14.5 Å². The lowest BCUT2D eigenvalue weighted by Gasteiger charge is -2.11. The first-order valence-corrected chi connectivity index (χ1v) is 21.1. The highest BCUT2D eigenvalue weighted by atomic mass is 32.1. The topological polar surface area (TPSA) is 30.7 Å². The van der Waals surface area contributed by atoms with Gasteiger partial charge in [-0.25, -0.2) is 9.97 Å². The van der Waals surface area contributed by atoms with Crippen LogP contribution in [0.1, 0.15) is 0 Å². The first-order chi connectivity index (χ1) is 29.7. The summed E-state index contributed by atoms with van der Waals surface area (Å²) in [5.74, 6) is 0.724. The second-order valence-corrected chi connectivity index (χ2v) is 16.5. The fourth-order valence-electron chi connectivity index (χ4n) is 8.83. The zero-order valence-corrected chi connectivity index (χ0v) is 33.3. The lowest BCUT2D eigenvalue weighted by molar-refractivity contribution is 1.18. The molecule has 0 aliphatic rings. The maximum absolute atomic E-state index is 5.07. The van der Waals surface area contributed by atoms with Gasteiger partial charge in [0.15, 0.2) is 5.82 Å². The van der Waals surface area contributed by atoms with E-state index in [1.54, 1.807) is 0 Å². The molecule has 12 rings (SSSR count). The number of thiophene rings is 1. The van der Waals surface area contributed by atoms with Gasteiger partial charge in [-0.3, -0.25) is 0 Å². The van der Waals surface area contributed by atoms with Crippen LogP contribution < -0.4 is 0 Å². The first-order valence-electron chi connectivity index (χ1n) is 20.3. The molecule has 3 heterocycles. The summed E-state index contributed by atoms with van der Waals surface area (Å²) >= 11 is 1.86. The number of aromatic nitrogens is 3. The SMILES string of the molecule is c1ccc(-c2nc(-c3ccc(-c4ccc(-n5c6ccccc6c6cc(-c7ccc(-c8ccc9sc%10ccccc%10c9c8)cc7)ccc65)cc4)cc3)nc3ccccc23)cc1. The quantitative estimate of drug-likeness (QED) is 0.168. The van der Waals surface area contributed by atoms with E-state index < -0.39 is 0 Å². The molecule has 0 unspecified atom stereocenters. The number of rotatable bonds is 6. The Bertz CT molecular complexity index is 3560. The predicted molar refractivity (Wildman–Crippen MR) is 254 cm³/mol. The third-order valence-electron chi connectivity index (χ3n) is 11.9. The Kier molecular flexibility index (Phi) is 8.03. The summed E-state index contributed by atoms with van der Waals surface area (Å²) < 4.78 is 5.05. The summed E-state index contributed by atoms with van der Waals surface area (Å²) in [5.41, 5.74) is 14.7. The van der Waals surface area contributed by atoms with Gasteiger partial charge in [0, 0.05) is 53.1 Å². The van der Waals surface area contributed by atoms with E-state index in [0.29, 0.717) is 0 Å². The first kappa shape index (κ1) is 34.4. The van der Waals surface area contributed by atoms with Gasteiger partial charge in [0.1, 0.15) is 0 Å². The van der Waals surface area contributed by atoms with Crippen LogP contribution in [-0.2, 0) is 0 Å². The number of nitrogens with zero attached hydrogens (tertiary/aromatic N) is 3. The third kappa shape index (κ3) is 5.80. The van der Waals surface area contributed by atoms with Crippen LogP contribution in [0.3, 0.4) is 0 Å². The summed E-state index contributed by atoms with van der Waals surface area (Å²) in [5, 5.41) is 6.20. The van der Waals surface area contributed by atoms with E-state index in [9.17, 15) is 0 Å². The van der Waals surface area contributed by atoms with Crippen LogP contribution in [0.15, 0.2) is 212 Å². The van der Waals surface area contributed by atoms with Crippen molar-refractivity contribution in [2.75, 3.05) is 0 Å². The number of para-hydroxylation sites is 2. The van der Waals surface area contributed by atoms with Gasteiger partial charge >= 0.3 is 0 Å². The minimum Gasteiger partial charge on any atom is -0.309 e. The maximum atomic E-state index is 5.07. The van der Waals surface area contributed by atoms with Gasteiger partial charge in [0.2, 0.25) is 0 Å². The van der Waals surface area contributed by atoms with E-state index in [4.69, 9.17) is 9.97 Å². The summed E-state index contributed by atoms with van der Waals surface area (Å²) in [6.07, 6.45) is 0. The van der Waals surface area contributed by atoms with Gasteiger partial charge in [-0.15, -0.1) is 11.3 Å². The van der Waals surface area contributed by atoms with Gasteiger partial charge in [-0.1, -0.05) is 158 Å². The Morgan fingerprint density at radius 1 is 0.317 bits per heavy atom. The second kappa shape index (κ2) is 14.0. The smallest absolute Gasteiger partial charge is 0.160 e. The van der Waals surface area contributed by atoms with Crippen molar-refractivity contribution in [3.05, 3.63) is 212 Å². The van der Waals surface area contributed by atoms with Gasteiger partial charge < -0.3 is 4.57 Å². The Hall–Kier alpha value is -7.66. The second-order valence-electron chi connectivity index (χ2n) is 15.4. The van der Waals surface area contributed by atoms with Crippen LogP contribution in [-0.4, -0.2) is 14.5 Å². The molecule has 0 atom stereocenters. The average Bonchev–Trinajstić information content (AvgIpc) is 3.87. The maximum Gasteiger partial charge on any atom is 0.160 e. The summed E-state index contributed by atoms with van der Waals surface area (Å²) in [4.78, 5) is 10.0. The van der Waals surface area contributed by atoms with E-state index in [0.717, 1.165) is 50.4 Å². The molecule has 0 saturated carbocycles. The van der Waals surface area contributed by atoms with Gasteiger partial charge in [0.25, 0.3) is 0 Å². The Balaban J connectivity index is 0.844. The summed E-state index contributed by atoms with van der Waals surface area (Å²) in [6.45, 7) is 0. The van der Waals surface area contributed by atoms with Crippen LogP contribution in [0, 0.1) is 0 Å². The minimum atomic E-state index is 0.724. The Labute approximate surface area is 351 Å². The number of benzene rings is 9. The fraction of sp³-hybridized carbons (Fsp3) is 0.